The number of carbonyl (C=O) groups excluding carboxylic acids is 2. The van der Waals surface area contributed by atoms with Crippen LogP contribution in [0.25, 0.3) is 0 Å². The molecule has 2 rings (SSSR count). The Morgan fingerprint density at radius 3 is 2.64 bits per heavy atom. The van der Waals surface area contributed by atoms with Crippen molar-refractivity contribution in [3.63, 3.8) is 0 Å². The number of piperidine rings is 1. The van der Waals surface area contributed by atoms with Crippen LogP contribution in [0, 0.1) is 0 Å². The molecule has 2 fully saturated rings. The standard InChI is InChI=1S/C7H13N5O8S2/c8-21(15,16)11-10-5(13)7(20-22(17,18)19)2-1-4-3-12(7)6(14)9-4/h4,11H,1-3H2,(H,9,14)(H,10,13)(H2,8,15,16)(H,17,18,19)/t4-,7+/m1/s1. The normalized spacial score (nSPS) is 28.4. The Hall–Kier alpha value is -1.52. The van der Waals surface area contributed by atoms with Gasteiger partial charge in [0.1, 0.15) is 0 Å². The van der Waals surface area contributed by atoms with Crippen molar-refractivity contribution in [2.45, 2.75) is 24.6 Å². The largest absolute Gasteiger partial charge is 0.400 e. The lowest BCUT2D eigenvalue weighted by atomic mass is 9.97. The molecule has 13 nitrogen and oxygen atoms in total. The van der Waals surface area contributed by atoms with Gasteiger partial charge in [-0.3, -0.25) is 19.7 Å². The summed E-state index contributed by atoms with van der Waals surface area (Å²) in [6.07, 6.45) is -0.130. The molecule has 2 atom stereocenters. The van der Waals surface area contributed by atoms with Crippen LogP contribution in [0.3, 0.4) is 0 Å². The summed E-state index contributed by atoms with van der Waals surface area (Å²) in [6.45, 7) is -0.0584. The van der Waals surface area contributed by atoms with Crippen LogP contribution in [0.4, 0.5) is 4.79 Å². The molecule has 0 aromatic heterocycles. The molecule has 0 spiro atoms. The van der Waals surface area contributed by atoms with Crippen molar-refractivity contribution in [3.8, 4) is 0 Å². The number of nitrogens with one attached hydrogen (secondary N) is 3. The highest BCUT2D eigenvalue weighted by Crippen LogP contribution is 2.34. The third-order valence-corrected chi connectivity index (χ3v) is 4.02. The van der Waals surface area contributed by atoms with E-state index in [1.54, 1.807) is 5.43 Å². The molecule has 2 saturated heterocycles. The summed E-state index contributed by atoms with van der Waals surface area (Å²) in [4.78, 5) is 26.1. The Bertz CT molecular complexity index is 704. The topological polar surface area (TPSA) is 197 Å². The predicted octanol–water partition coefficient (Wildman–Crippen LogP) is -3.49. The fraction of sp³-hybridized carbons (Fsp3) is 0.714. The van der Waals surface area contributed by atoms with Gasteiger partial charge in [-0.2, -0.15) is 16.8 Å². The first-order valence-electron chi connectivity index (χ1n) is 5.79. The van der Waals surface area contributed by atoms with Gasteiger partial charge in [-0.1, -0.05) is 0 Å². The zero-order chi connectivity index (χ0) is 16.8. The number of fused-ring (bicyclic) bond motifs is 2. The first-order valence-corrected chi connectivity index (χ1v) is 8.70. The fourth-order valence-electron chi connectivity index (χ4n) is 2.33. The second-order valence-corrected chi connectivity index (χ2v) is 7.01. The van der Waals surface area contributed by atoms with Crippen molar-refractivity contribution >= 4 is 32.5 Å². The van der Waals surface area contributed by atoms with E-state index < -0.39 is 38.3 Å². The molecule has 22 heavy (non-hydrogen) atoms. The number of hydrogen-bond acceptors (Lipinski definition) is 7. The molecule has 3 amide bonds. The molecular formula is C7H13N5O8S2. The van der Waals surface area contributed by atoms with E-state index in [4.69, 9.17) is 4.55 Å². The number of nitrogens with zero attached hydrogens (tertiary/aromatic N) is 1. The van der Waals surface area contributed by atoms with E-state index in [-0.39, 0.29) is 25.4 Å². The van der Waals surface area contributed by atoms with E-state index in [1.807, 2.05) is 0 Å². The number of nitrogens with two attached hydrogens (primary N) is 1. The summed E-state index contributed by atoms with van der Waals surface area (Å²) in [5, 5.41) is 7.10. The second-order valence-electron chi connectivity index (χ2n) is 4.69. The fourth-order valence-corrected chi connectivity index (χ4v) is 3.16. The molecule has 0 aliphatic carbocycles. The lowest BCUT2D eigenvalue weighted by Crippen LogP contribution is -2.65. The van der Waals surface area contributed by atoms with Crippen LogP contribution in [0.2, 0.25) is 0 Å². The molecule has 6 N–H and O–H groups in total. The average Bonchev–Trinajstić information content (AvgIpc) is 2.66. The van der Waals surface area contributed by atoms with Crippen molar-refractivity contribution in [1.82, 2.24) is 20.5 Å². The van der Waals surface area contributed by atoms with E-state index in [0.29, 0.717) is 0 Å². The molecule has 0 unspecified atom stereocenters. The summed E-state index contributed by atoms with van der Waals surface area (Å²) in [7, 11) is -9.44. The number of amides is 3. The molecule has 2 aliphatic rings. The number of urea groups is 1. The number of hydrogen-bond donors (Lipinski definition) is 5. The molecule has 15 heteroatoms. The smallest absolute Gasteiger partial charge is 0.333 e. The van der Waals surface area contributed by atoms with Crippen LogP contribution in [-0.2, 0) is 29.6 Å². The summed E-state index contributed by atoms with van der Waals surface area (Å²) in [5.74, 6) is -1.32. The zero-order valence-electron chi connectivity index (χ0n) is 10.8. The quantitative estimate of drug-likeness (QED) is 0.246. The van der Waals surface area contributed by atoms with Gasteiger partial charge in [0.05, 0.1) is 0 Å². The van der Waals surface area contributed by atoms with E-state index >= 15 is 0 Å². The van der Waals surface area contributed by atoms with Gasteiger partial charge in [0.25, 0.3) is 16.1 Å². The van der Waals surface area contributed by atoms with Crippen LogP contribution in [0.15, 0.2) is 0 Å². The highest BCUT2D eigenvalue weighted by molar-refractivity contribution is 7.87. The second kappa shape index (κ2) is 5.28. The van der Waals surface area contributed by atoms with Gasteiger partial charge in [-0.05, 0) is 6.42 Å². The molecule has 0 aromatic rings. The van der Waals surface area contributed by atoms with Gasteiger partial charge in [0, 0.05) is 19.0 Å². The van der Waals surface area contributed by atoms with Crippen LogP contribution in [0.5, 0.6) is 0 Å². The maximum Gasteiger partial charge on any atom is 0.400 e. The number of rotatable bonds is 5. The third-order valence-electron chi connectivity index (χ3n) is 3.15. The maximum atomic E-state index is 12.2. The Labute approximate surface area is 125 Å². The van der Waals surface area contributed by atoms with Gasteiger partial charge < -0.3 is 5.32 Å². The minimum Gasteiger partial charge on any atom is -0.333 e. The van der Waals surface area contributed by atoms with Crippen molar-refractivity contribution in [3.05, 3.63) is 0 Å². The Balaban J connectivity index is 2.34. The molecule has 126 valence electrons. The molecule has 2 bridgehead atoms. The van der Waals surface area contributed by atoms with E-state index in [2.05, 4.69) is 14.6 Å². The summed E-state index contributed by atoms with van der Waals surface area (Å²) < 4.78 is 56.9. The first-order chi connectivity index (χ1) is 9.93. The first kappa shape index (κ1) is 16.8. The summed E-state index contributed by atoms with van der Waals surface area (Å²) in [6, 6.07) is -1.11. The minimum atomic E-state index is -5.12. The molecule has 2 heterocycles. The van der Waals surface area contributed by atoms with E-state index in [0.717, 1.165) is 4.90 Å². The zero-order valence-corrected chi connectivity index (χ0v) is 12.5. The van der Waals surface area contributed by atoms with Gasteiger partial charge >= 0.3 is 16.4 Å². The monoisotopic (exact) mass is 359 g/mol. The van der Waals surface area contributed by atoms with Crippen molar-refractivity contribution < 1.29 is 35.2 Å². The van der Waals surface area contributed by atoms with Crippen molar-refractivity contribution in [1.29, 1.82) is 0 Å². The Morgan fingerprint density at radius 1 is 1.45 bits per heavy atom. The number of hydrazine groups is 1. The van der Waals surface area contributed by atoms with Gasteiger partial charge in [0.2, 0.25) is 5.72 Å². The summed E-state index contributed by atoms with van der Waals surface area (Å²) >= 11 is 0. The predicted molar refractivity (Wildman–Crippen MR) is 68.0 cm³/mol. The molecule has 0 saturated carbocycles. The van der Waals surface area contributed by atoms with Crippen LogP contribution >= 0.6 is 0 Å². The molecular weight excluding hydrogens is 346 g/mol. The summed E-state index contributed by atoms with van der Waals surface area (Å²) in [5.41, 5.74) is -0.793. The van der Waals surface area contributed by atoms with Crippen molar-refractivity contribution in [2.75, 3.05) is 6.54 Å². The van der Waals surface area contributed by atoms with Crippen molar-refractivity contribution in [2.24, 2.45) is 5.14 Å². The van der Waals surface area contributed by atoms with Crippen LogP contribution in [0.1, 0.15) is 12.8 Å². The highest BCUT2D eigenvalue weighted by atomic mass is 32.3. The minimum absolute atomic E-state index is 0.0584. The Kier molecular flexibility index (Phi) is 4.05. The third kappa shape index (κ3) is 3.45. The average molecular weight is 359 g/mol. The van der Waals surface area contributed by atoms with E-state index in [1.165, 1.54) is 4.83 Å². The highest BCUT2D eigenvalue weighted by Gasteiger charge is 2.57. The lowest BCUT2D eigenvalue weighted by molar-refractivity contribution is -0.155. The van der Waals surface area contributed by atoms with Crippen LogP contribution in [-0.4, -0.2) is 56.5 Å². The van der Waals surface area contributed by atoms with E-state index in [9.17, 15) is 26.4 Å². The SMILES string of the molecule is NS(=O)(=O)NNC(=O)[C@@]1(OS(=O)(=O)O)CC[C@@H]2CN1C(=O)N2. The molecule has 0 radical (unpaired) electrons. The van der Waals surface area contributed by atoms with Gasteiger partial charge in [-0.15, -0.1) is 4.83 Å². The molecule has 2 aliphatic heterocycles. The Morgan fingerprint density at radius 2 is 2.09 bits per heavy atom. The maximum absolute atomic E-state index is 12.2. The van der Waals surface area contributed by atoms with Gasteiger partial charge in [0.15, 0.2) is 0 Å². The molecule has 0 aromatic carbocycles. The number of carbonyl (C=O) groups is 2. The van der Waals surface area contributed by atoms with Crippen LogP contribution < -0.4 is 20.7 Å². The lowest BCUT2D eigenvalue weighted by Gasteiger charge is -2.39. The van der Waals surface area contributed by atoms with Gasteiger partial charge in [-0.25, -0.2) is 14.1 Å².